The number of aliphatic carboxylic acids is 1. The van der Waals surface area contributed by atoms with E-state index in [0.717, 1.165) is 12.8 Å². The van der Waals surface area contributed by atoms with Crippen LogP contribution < -0.4 is 5.11 Å². The molecule has 0 amide bonds. The molecule has 23 heavy (non-hydrogen) atoms. The predicted molar refractivity (Wildman–Crippen MR) is 98.4 cm³/mol. The van der Waals surface area contributed by atoms with Crippen LogP contribution in [0.15, 0.2) is 0 Å². The zero-order valence-electron chi connectivity index (χ0n) is 15.8. The van der Waals surface area contributed by atoms with Gasteiger partial charge >= 0.3 is 0 Å². The molecule has 0 fully saturated rings. The number of unbranched alkanes of at least 4 members (excludes halogenated alkanes) is 17. The van der Waals surface area contributed by atoms with Gasteiger partial charge in [0.05, 0.1) is 0 Å². The van der Waals surface area contributed by atoms with E-state index in [9.17, 15) is 9.90 Å². The Morgan fingerprint density at radius 1 is 0.522 bits per heavy atom. The second-order valence-electron chi connectivity index (χ2n) is 7.13. The van der Waals surface area contributed by atoms with Gasteiger partial charge in [0, 0.05) is 5.97 Å². The van der Waals surface area contributed by atoms with Gasteiger partial charge in [-0.3, -0.25) is 0 Å². The van der Waals surface area contributed by atoms with Gasteiger partial charge < -0.3 is 9.90 Å². The summed E-state index contributed by atoms with van der Waals surface area (Å²) in [6, 6.07) is 0. The number of carbonyl (C=O) groups is 1. The van der Waals surface area contributed by atoms with Crippen molar-refractivity contribution in [3.05, 3.63) is 0 Å². The molecule has 2 heteroatoms. The average Bonchev–Trinajstić information content (AvgIpc) is 2.53. The maximum absolute atomic E-state index is 10.3. The van der Waals surface area contributed by atoms with Crippen LogP contribution in [0.3, 0.4) is 0 Å². The third-order valence-electron chi connectivity index (χ3n) is 4.73. The van der Waals surface area contributed by atoms with E-state index in [-0.39, 0.29) is 6.42 Å². The third kappa shape index (κ3) is 21.5. The molecule has 0 aromatic carbocycles. The average molecular weight is 326 g/mol. The van der Waals surface area contributed by atoms with Crippen LogP contribution >= 0.6 is 0 Å². The number of carbonyl (C=O) groups excluding carboxylic acids is 1. The topological polar surface area (TPSA) is 40.1 Å². The molecule has 0 atom stereocenters. The fourth-order valence-corrected chi connectivity index (χ4v) is 3.17. The lowest BCUT2D eigenvalue weighted by Crippen LogP contribution is -2.21. The standard InChI is InChI=1S/C21H42O2/c1-2-3-4-5-6-7-8-9-10-11-12-13-14-15-16-17-18-19-20-21(22)23/h2-20H2,1H3,(H,22,23)/p-1. The lowest BCUT2D eigenvalue weighted by atomic mass is 10.0. The monoisotopic (exact) mass is 325 g/mol. The molecule has 0 spiro atoms. The molecule has 0 aliphatic heterocycles. The lowest BCUT2D eigenvalue weighted by molar-refractivity contribution is -0.305. The summed E-state index contributed by atoms with van der Waals surface area (Å²) in [5, 5.41) is 10.3. The maximum atomic E-state index is 10.3. The van der Waals surface area contributed by atoms with Crippen molar-refractivity contribution in [3.8, 4) is 0 Å². The Bertz CT molecular complexity index is 238. The van der Waals surface area contributed by atoms with E-state index in [4.69, 9.17) is 0 Å². The molecule has 0 aromatic heterocycles. The molecule has 2 nitrogen and oxygen atoms in total. The van der Waals surface area contributed by atoms with E-state index in [0.29, 0.717) is 0 Å². The van der Waals surface area contributed by atoms with Crippen LogP contribution in [-0.4, -0.2) is 5.97 Å². The lowest BCUT2D eigenvalue weighted by Gasteiger charge is -2.04. The van der Waals surface area contributed by atoms with Crippen LogP contribution in [0.5, 0.6) is 0 Å². The SMILES string of the molecule is CCCCCCCCCCCCCCCCCCCCC(=O)[O-]. The van der Waals surface area contributed by atoms with Crippen molar-refractivity contribution >= 4 is 5.97 Å². The molecule has 0 saturated heterocycles. The summed E-state index contributed by atoms with van der Waals surface area (Å²) in [4.78, 5) is 10.3. The normalized spacial score (nSPS) is 11.0. The Balaban J connectivity index is 2.96. The van der Waals surface area contributed by atoms with Gasteiger partial charge in [-0.2, -0.15) is 0 Å². The minimum atomic E-state index is -0.901. The molecule has 0 radical (unpaired) electrons. The molecule has 0 aliphatic rings. The first kappa shape index (κ1) is 22.5. The smallest absolute Gasteiger partial charge is 0.0414 e. The van der Waals surface area contributed by atoms with Crippen molar-refractivity contribution in [3.63, 3.8) is 0 Å². The molecule has 0 aromatic rings. The highest BCUT2D eigenvalue weighted by Crippen LogP contribution is 2.14. The molecule has 0 unspecified atom stereocenters. The quantitative estimate of drug-likeness (QED) is 0.266. The third-order valence-corrected chi connectivity index (χ3v) is 4.73. The van der Waals surface area contributed by atoms with E-state index >= 15 is 0 Å². The number of hydrogen-bond acceptors (Lipinski definition) is 2. The summed E-state index contributed by atoms with van der Waals surface area (Å²) < 4.78 is 0. The summed E-state index contributed by atoms with van der Waals surface area (Å²) >= 11 is 0. The summed E-state index contributed by atoms with van der Waals surface area (Å²) in [5.74, 6) is -0.901. The second-order valence-corrected chi connectivity index (χ2v) is 7.13. The van der Waals surface area contributed by atoms with E-state index in [1.54, 1.807) is 0 Å². The van der Waals surface area contributed by atoms with Crippen molar-refractivity contribution in [1.82, 2.24) is 0 Å². The zero-order chi connectivity index (χ0) is 17.0. The Morgan fingerprint density at radius 3 is 1.04 bits per heavy atom. The molecular weight excluding hydrogens is 284 g/mol. The fraction of sp³-hybridized carbons (Fsp3) is 0.952. The summed E-state index contributed by atoms with van der Waals surface area (Å²) in [6.45, 7) is 2.28. The molecule has 0 N–H and O–H groups in total. The molecule has 0 aliphatic carbocycles. The van der Waals surface area contributed by atoms with Gasteiger partial charge in [0.1, 0.15) is 0 Å². The van der Waals surface area contributed by atoms with Crippen LogP contribution in [0, 0.1) is 0 Å². The van der Waals surface area contributed by atoms with Crippen LogP contribution in [0.2, 0.25) is 0 Å². The van der Waals surface area contributed by atoms with Gasteiger partial charge in [-0.25, -0.2) is 0 Å². The van der Waals surface area contributed by atoms with Gasteiger partial charge in [0.25, 0.3) is 0 Å². The largest absolute Gasteiger partial charge is 0.550 e. The van der Waals surface area contributed by atoms with E-state index in [2.05, 4.69) is 6.92 Å². The van der Waals surface area contributed by atoms with E-state index < -0.39 is 5.97 Å². The maximum Gasteiger partial charge on any atom is 0.0414 e. The minimum absolute atomic E-state index is 0.235. The predicted octanol–water partition coefficient (Wildman–Crippen LogP) is 6.17. The Hall–Kier alpha value is -0.530. The summed E-state index contributed by atoms with van der Waals surface area (Å²) in [5.41, 5.74) is 0. The first-order valence-corrected chi connectivity index (χ1v) is 10.5. The molecule has 138 valence electrons. The van der Waals surface area contributed by atoms with Crippen molar-refractivity contribution in [2.24, 2.45) is 0 Å². The van der Waals surface area contributed by atoms with Crippen molar-refractivity contribution in [2.45, 2.75) is 129 Å². The molecule has 0 saturated carbocycles. The molecule has 0 heterocycles. The van der Waals surface area contributed by atoms with Gasteiger partial charge in [0.15, 0.2) is 0 Å². The van der Waals surface area contributed by atoms with Crippen LogP contribution in [-0.2, 0) is 4.79 Å². The van der Waals surface area contributed by atoms with Crippen LogP contribution in [0.25, 0.3) is 0 Å². The van der Waals surface area contributed by atoms with Crippen LogP contribution in [0.1, 0.15) is 129 Å². The van der Waals surface area contributed by atoms with Gasteiger partial charge in [0.2, 0.25) is 0 Å². The van der Waals surface area contributed by atoms with Crippen LogP contribution in [0.4, 0.5) is 0 Å². The van der Waals surface area contributed by atoms with E-state index in [1.165, 1.54) is 103 Å². The number of rotatable bonds is 19. The molecule has 0 rings (SSSR count). The first-order valence-electron chi connectivity index (χ1n) is 10.5. The first-order chi connectivity index (χ1) is 11.3. The minimum Gasteiger partial charge on any atom is -0.550 e. The fourth-order valence-electron chi connectivity index (χ4n) is 3.17. The van der Waals surface area contributed by atoms with Crippen molar-refractivity contribution in [2.75, 3.05) is 0 Å². The highest BCUT2D eigenvalue weighted by Gasteiger charge is 1.95. The van der Waals surface area contributed by atoms with Gasteiger partial charge in [-0.05, 0) is 12.8 Å². The Morgan fingerprint density at radius 2 is 0.783 bits per heavy atom. The van der Waals surface area contributed by atoms with Gasteiger partial charge in [-0.15, -0.1) is 0 Å². The Labute approximate surface area is 145 Å². The Kier molecular flexibility index (Phi) is 19.1. The molecule has 0 bridgehead atoms. The van der Waals surface area contributed by atoms with Gasteiger partial charge in [-0.1, -0.05) is 116 Å². The summed E-state index contributed by atoms with van der Waals surface area (Å²) in [7, 11) is 0. The van der Waals surface area contributed by atoms with E-state index in [1.807, 2.05) is 0 Å². The highest BCUT2D eigenvalue weighted by molar-refractivity contribution is 5.63. The number of carboxylic acids is 1. The zero-order valence-corrected chi connectivity index (χ0v) is 15.8. The molecular formula is C21H41O2-. The van der Waals surface area contributed by atoms with Crippen molar-refractivity contribution in [1.29, 1.82) is 0 Å². The van der Waals surface area contributed by atoms with Crippen molar-refractivity contribution < 1.29 is 9.90 Å². The second kappa shape index (κ2) is 19.5. The summed E-state index contributed by atoms with van der Waals surface area (Å²) in [6.07, 6.45) is 24.3. The highest BCUT2D eigenvalue weighted by atomic mass is 16.4. The number of carboxylic acid groups (broad SMARTS) is 1. The number of hydrogen-bond donors (Lipinski definition) is 0.